The second-order valence-electron chi connectivity index (χ2n) is 11.0. The summed E-state index contributed by atoms with van der Waals surface area (Å²) < 4.78 is 6.02. The standard InChI is InChI=1S/C27H41N5O2/c1-19(2)10-11-21(16-20-17-28-23-9-7-6-8-22(20)23)30-25(33)24-18-29-26(34-24)31-12-14-32(15-13-31)27(3,4)5/h6-9,17-19,21,25,28,30,33H,10-16H2,1-5H3. The highest BCUT2D eigenvalue weighted by Gasteiger charge is 2.28. The van der Waals surface area contributed by atoms with Gasteiger partial charge in [0.2, 0.25) is 0 Å². The summed E-state index contributed by atoms with van der Waals surface area (Å²) in [4.78, 5) is 12.5. The number of nitrogens with one attached hydrogen (secondary N) is 2. The monoisotopic (exact) mass is 467 g/mol. The van der Waals surface area contributed by atoms with Crippen LogP contribution in [0.2, 0.25) is 0 Å². The predicted octanol–water partition coefficient (Wildman–Crippen LogP) is 4.70. The molecule has 0 bridgehead atoms. The number of anilines is 1. The van der Waals surface area contributed by atoms with Gasteiger partial charge in [0.1, 0.15) is 0 Å². The highest BCUT2D eigenvalue weighted by Crippen LogP contribution is 2.25. The number of H-pyrrole nitrogens is 1. The quantitative estimate of drug-likeness (QED) is 0.396. The molecule has 1 aliphatic heterocycles. The Morgan fingerprint density at radius 2 is 1.85 bits per heavy atom. The van der Waals surface area contributed by atoms with E-state index in [0.717, 1.165) is 51.0 Å². The Morgan fingerprint density at radius 3 is 2.56 bits per heavy atom. The number of para-hydroxylation sites is 1. The smallest absolute Gasteiger partial charge is 0.297 e. The zero-order valence-electron chi connectivity index (χ0n) is 21.3. The van der Waals surface area contributed by atoms with Crippen molar-refractivity contribution in [2.45, 2.75) is 71.7 Å². The second kappa shape index (κ2) is 10.5. The Labute approximate surface area is 203 Å². The van der Waals surface area contributed by atoms with Gasteiger partial charge in [0, 0.05) is 54.9 Å². The lowest BCUT2D eigenvalue weighted by molar-refractivity contribution is 0.0960. The number of fused-ring (bicyclic) bond motifs is 1. The van der Waals surface area contributed by atoms with Crippen LogP contribution in [0.4, 0.5) is 6.01 Å². The molecule has 3 heterocycles. The first kappa shape index (κ1) is 24.8. The van der Waals surface area contributed by atoms with Gasteiger partial charge in [0.05, 0.1) is 6.20 Å². The number of oxazole rings is 1. The van der Waals surface area contributed by atoms with E-state index < -0.39 is 6.23 Å². The number of hydrogen-bond acceptors (Lipinski definition) is 6. The largest absolute Gasteiger partial charge is 0.424 e. The average molecular weight is 468 g/mol. The maximum absolute atomic E-state index is 11.0. The number of nitrogens with zero attached hydrogens (tertiary/aromatic N) is 3. The van der Waals surface area contributed by atoms with E-state index in [1.54, 1.807) is 6.20 Å². The molecule has 1 saturated heterocycles. The van der Waals surface area contributed by atoms with Gasteiger partial charge in [0.25, 0.3) is 6.01 Å². The van der Waals surface area contributed by atoms with Crippen LogP contribution in [0.1, 0.15) is 65.0 Å². The van der Waals surface area contributed by atoms with Gasteiger partial charge in [-0.3, -0.25) is 10.2 Å². The molecule has 2 unspecified atom stereocenters. The molecular weight excluding hydrogens is 426 g/mol. The van der Waals surface area contributed by atoms with Crippen LogP contribution in [0.5, 0.6) is 0 Å². The van der Waals surface area contributed by atoms with E-state index in [0.29, 0.717) is 17.7 Å². The van der Waals surface area contributed by atoms with Crippen LogP contribution in [-0.4, -0.2) is 57.7 Å². The molecule has 2 atom stereocenters. The number of aromatic nitrogens is 2. The Kier molecular flexibility index (Phi) is 7.65. The lowest BCUT2D eigenvalue weighted by Gasteiger charge is -2.41. The molecule has 1 fully saturated rings. The normalized spacial score (nSPS) is 17.6. The van der Waals surface area contributed by atoms with Gasteiger partial charge in [0.15, 0.2) is 12.0 Å². The third-order valence-electron chi connectivity index (χ3n) is 6.91. The van der Waals surface area contributed by atoms with Crippen LogP contribution >= 0.6 is 0 Å². The number of aliphatic hydroxyl groups excluding tert-OH is 1. The lowest BCUT2D eigenvalue weighted by atomic mass is 9.97. The van der Waals surface area contributed by atoms with Crippen molar-refractivity contribution in [1.82, 2.24) is 20.2 Å². The van der Waals surface area contributed by atoms with Crippen LogP contribution in [-0.2, 0) is 6.42 Å². The molecule has 3 N–H and O–H groups in total. The predicted molar refractivity (Wildman–Crippen MR) is 138 cm³/mol. The molecular formula is C27H41N5O2. The Balaban J connectivity index is 1.40. The molecule has 4 rings (SSSR count). The zero-order valence-corrected chi connectivity index (χ0v) is 21.3. The van der Waals surface area contributed by atoms with Crippen molar-refractivity contribution in [3.05, 3.63) is 48.0 Å². The number of piperazine rings is 1. The fourth-order valence-corrected chi connectivity index (χ4v) is 4.77. The molecule has 0 spiro atoms. The molecule has 7 heteroatoms. The van der Waals surface area contributed by atoms with Crippen LogP contribution in [0.3, 0.4) is 0 Å². The lowest BCUT2D eigenvalue weighted by Crippen LogP contribution is -2.53. The minimum absolute atomic E-state index is 0.125. The maximum Gasteiger partial charge on any atom is 0.297 e. The summed E-state index contributed by atoms with van der Waals surface area (Å²) in [5, 5.41) is 15.6. The Morgan fingerprint density at radius 1 is 1.12 bits per heavy atom. The third kappa shape index (κ3) is 6.01. The highest BCUT2D eigenvalue weighted by molar-refractivity contribution is 5.83. The van der Waals surface area contributed by atoms with E-state index in [2.05, 4.69) is 84.1 Å². The van der Waals surface area contributed by atoms with Crippen molar-refractivity contribution in [3.8, 4) is 0 Å². The number of hydrogen-bond donors (Lipinski definition) is 3. The molecule has 34 heavy (non-hydrogen) atoms. The van der Waals surface area contributed by atoms with Crippen molar-refractivity contribution < 1.29 is 9.52 Å². The van der Waals surface area contributed by atoms with Crippen LogP contribution < -0.4 is 10.2 Å². The molecule has 0 amide bonds. The summed E-state index contributed by atoms with van der Waals surface area (Å²) in [6, 6.07) is 9.09. The van der Waals surface area contributed by atoms with Crippen molar-refractivity contribution >= 4 is 16.9 Å². The maximum atomic E-state index is 11.0. The highest BCUT2D eigenvalue weighted by atomic mass is 16.4. The molecule has 0 saturated carbocycles. The minimum Gasteiger partial charge on any atom is -0.424 e. The Hall–Kier alpha value is -2.35. The zero-order chi connectivity index (χ0) is 24.3. The van der Waals surface area contributed by atoms with Gasteiger partial charge in [-0.15, -0.1) is 0 Å². The first-order chi connectivity index (χ1) is 16.2. The fourth-order valence-electron chi connectivity index (χ4n) is 4.77. The molecule has 1 aliphatic rings. The summed E-state index contributed by atoms with van der Waals surface area (Å²) >= 11 is 0. The number of aliphatic hydroxyl groups is 1. The van der Waals surface area contributed by atoms with Gasteiger partial charge in [-0.25, -0.2) is 4.98 Å². The molecule has 0 radical (unpaired) electrons. The number of benzene rings is 1. The molecule has 3 aromatic rings. The molecule has 7 nitrogen and oxygen atoms in total. The van der Waals surface area contributed by atoms with Crippen molar-refractivity contribution in [2.24, 2.45) is 5.92 Å². The van der Waals surface area contributed by atoms with E-state index in [1.807, 2.05) is 6.07 Å². The molecule has 2 aromatic heterocycles. The van der Waals surface area contributed by atoms with Crippen LogP contribution in [0.25, 0.3) is 10.9 Å². The van der Waals surface area contributed by atoms with Gasteiger partial charge < -0.3 is 19.4 Å². The topological polar surface area (TPSA) is 80.6 Å². The molecule has 186 valence electrons. The van der Waals surface area contributed by atoms with Gasteiger partial charge >= 0.3 is 0 Å². The van der Waals surface area contributed by atoms with E-state index in [-0.39, 0.29) is 11.6 Å². The Bertz CT molecular complexity index is 1040. The summed E-state index contributed by atoms with van der Waals surface area (Å²) in [5.41, 5.74) is 2.58. The molecule has 0 aliphatic carbocycles. The van der Waals surface area contributed by atoms with E-state index >= 15 is 0 Å². The number of rotatable bonds is 9. The van der Waals surface area contributed by atoms with Gasteiger partial charge in [-0.1, -0.05) is 32.0 Å². The van der Waals surface area contributed by atoms with Crippen molar-refractivity contribution in [1.29, 1.82) is 0 Å². The van der Waals surface area contributed by atoms with E-state index in [4.69, 9.17) is 4.42 Å². The summed E-state index contributed by atoms with van der Waals surface area (Å²) in [6.45, 7) is 14.9. The summed E-state index contributed by atoms with van der Waals surface area (Å²) in [7, 11) is 0. The minimum atomic E-state index is -0.889. The second-order valence-corrected chi connectivity index (χ2v) is 11.0. The summed E-state index contributed by atoms with van der Waals surface area (Å²) in [5.74, 6) is 1.08. The number of aromatic amines is 1. The van der Waals surface area contributed by atoms with E-state index in [9.17, 15) is 5.11 Å². The fraction of sp³-hybridized carbons (Fsp3) is 0.593. The van der Waals surface area contributed by atoms with Crippen molar-refractivity contribution in [2.75, 3.05) is 31.1 Å². The van der Waals surface area contributed by atoms with Gasteiger partial charge in [-0.2, -0.15) is 0 Å². The SMILES string of the molecule is CC(C)CCC(Cc1c[nH]c2ccccc12)NC(O)c1cnc(N2CCN(C(C)(C)C)CC2)o1. The van der Waals surface area contributed by atoms with E-state index in [1.165, 1.54) is 10.9 Å². The first-order valence-corrected chi connectivity index (χ1v) is 12.7. The summed E-state index contributed by atoms with van der Waals surface area (Å²) in [6.07, 6.45) is 5.76. The third-order valence-corrected chi connectivity index (χ3v) is 6.91. The van der Waals surface area contributed by atoms with Gasteiger partial charge in [-0.05, 0) is 57.6 Å². The average Bonchev–Trinajstić information content (AvgIpc) is 3.45. The molecule has 1 aromatic carbocycles. The van der Waals surface area contributed by atoms with Crippen molar-refractivity contribution in [3.63, 3.8) is 0 Å². The van der Waals surface area contributed by atoms with Crippen LogP contribution in [0.15, 0.2) is 41.1 Å². The van der Waals surface area contributed by atoms with Crippen LogP contribution in [0, 0.1) is 5.92 Å². The first-order valence-electron chi connectivity index (χ1n) is 12.7.